The molecule has 82 valence electrons. The minimum Gasteiger partial charge on any atom is -0.323 e. The first-order chi connectivity index (χ1) is 5.70. The van der Waals surface area contributed by atoms with E-state index in [1.165, 1.54) is 5.56 Å². The van der Waals surface area contributed by atoms with E-state index in [0.29, 0.717) is 0 Å². The Balaban J connectivity index is 0. The first-order valence-electron chi connectivity index (χ1n) is 4.15. The summed E-state index contributed by atoms with van der Waals surface area (Å²) in [7, 11) is 4.06. The highest BCUT2D eigenvalue weighted by Crippen LogP contribution is 2.09. The summed E-state index contributed by atoms with van der Waals surface area (Å²) in [4.78, 5) is 2.09. The van der Waals surface area contributed by atoms with Crippen molar-refractivity contribution in [3.05, 3.63) is 35.9 Å². The fourth-order valence-electron chi connectivity index (χ4n) is 1.20. The van der Waals surface area contributed by atoms with Crippen LogP contribution in [0, 0.1) is 0 Å². The molecule has 14 heavy (non-hydrogen) atoms. The molecule has 2 N–H and O–H groups in total. The zero-order chi connectivity index (χ0) is 8.97. The third kappa shape index (κ3) is 5.45. The predicted octanol–water partition coefficient (Wildman–Crippen LogP) is 2.09. The van der Waals surface area contributed by atoms with Crippen LogP contribution in [0.1, 0.15) is 11.6 Å². The third-order valence-electron chi connectivity index (χ3n) is 1.79. The third-order valence-corrected chi connectivity index (χ3v) is 1.79. The largest absolute Gasteiger partial charge is 0.323 e. The quantitative estimate of drug-likeness (QED) is 0.872. The average Bonchev–Trinajstić information content (AvgIpc) is 2.05. The molecule has 0 bridgehead atoms. The van der Waals surface area contributed by atoms with E-state index in [-0.39, 0.29) is 30.9 Å². The van der Waals surface area contributed by atoms with E-state index in [1.54, 1.807) is 0 Å². The van der Waals surface area contributed by atoms with Crippen LogP contribution in [-0.4, -0.2) is 25.5 Å². The molecule has 0 aliphatic rings. The monoisotopic (exact) mass is 236 g/mol. The Morgan fingerprint density at radius 2 is 1.64 bits per heavy atom. The first-order valence-corrected chi connectivity index (χ1v) is 4.15. The second-order valence-electron chi connectivity index (χ2n) is 3.28. The van der Waals surface area contributed by atoms with Gasteiger partial charge < -0.3 is 10.6 Å². The summed E-state index contributed by atoms with van der Waals surface area (Å²) in [5.74, 6) is 0. The van der Waals surface area contributed by atoms with Gasteiger partial charge in [-0.25, -0.2) is 0 Å². The number of hydrogen-bond donors (Lipinski definition) is 1. The lowest BCUT2D eigenvalue weighted by atomic mass is 10.1. The van der Waals surface area contributed by atoms with Crippen LogP contribution < -0.4 is 5.73 Å². The molecule has 0 aliphatic heterocycles. The maximum atomic E-state index is 5.95. The van der Waals surface area contributed by atoms with Crippen molar-refractivity contribution in [1.29, 1.82) is 0 Å². The molecule has 1 rings (SSSR count). The number of rotatable bonds is 3. The molecule has 0 radical (unpaired) electrons. The molecule has 1 aromatic rings. The summed E-state index contributed by atoms with van der Waals surface area (Å²) in [6.45, 7) is 0.893. The Labute approximate surface area is 98.3 Å². The zero-order valence-corrected chi connectivity index (χ0v) is 10.1. The maximum Gasteiger partial charge on any atom is 0.0424 e. The van der Waals surface area contributed by atoms with Gasteiger partial charge in [0.15, 0.2) is 0 Å². The normalized spacial score (nSPS) is 11.4. The molecule has 2 nitrogen and oxygen atoms in total. The fourth-order valence-corrected chi connectivity index (χ4v) is 1.20. The summed E-state index contributed by atoms with van der Waals surface area (Å²) in [5, 5.41) is 0. The number of nitrogens with zero attached hydrogens (tertiary/aromatic N) is 1. The van der Waals surface area contributed by atoms with Gasteiger partial charge in [-0.2, -0.15) is 0 Å². The van der Waals surface area contributed by atoms with Crippen molar-refractivity contribution in [3.8, 4) is 0 Å². The Morgan fingerprint density at radius 3 is 2.07 bits per heavy atom. The van der Waals surface area contributed by atoms with Crippen LogP contribution in [0.4, 0.5) is 0 Å². The number of halogens is 2. The second kappa shape index (κ2) is 8.06. The van der Waals surface area contributed by atoms with E-state index < -0.39 is 0 Å². The standard InChI is InChI=1S/C10H16N2.2ClH/c1-12(2)8-10(11)9-6-4-3-5-7-9;;/h3-7,10H,8,11H2,1-2H3;2*1H. The predicted molar refractivity (Wildman–Crippen MR) is 66.4 cm³/mol. The summed E-state index contributed by atoms with van der Waals surface area (Å²) in [6.07, 6.45) is 0. The molecule has 1 atom stereocenters. The van der Waals surface area contributed by atoms with Crippen molar-refractivity contribution < 1.29 is 0 Å². The van der Waals surface area contributed by atoms with Crippen LogP contribution in [0.3, 0.4) is 0 Å². The van der Waals surface area contributed by atoms with Crippen LogP contribution in [0.5, 0.6) is 0 Å². The lowest BCUT2D eigenvalue weighted by molar-refractivity contribution is 0.376. The molecular weight excluding hydrogens is 219 g/mol. The number of benzene rings is 1. The van der Waals surface area contributed by atoms with Crippen LogP contribution in [0.25, 0.3) is 0 Å². The zero-order valence-electron chi connectivity index (χ0n) is 8.51. The van der Waals surface area contributed by atoms with Gasteiger partial charge in [0.1, 0.15) is 0 Å². The smallest absolute Gasteiger partial charge is 0.0424 e. The fraction of sp³-hybridized carbons (Fsp3) is 0.400. The van der Waals surface area contributed by atoms with E-state index >= 15 is 0 Å². The number of likely N-dealkylation sites (N-methyl/N-ethyl adjacent to an activating group) is 1. The van der Waals surface area contributed by atoms with E-state index in [2.05, 4.69) is 17.0 Å². The lowest BCUT2D eigenvalue weighted by Gasteiger charge is -2.16. The minimum absolute atomic E-state index is 0. The van der Waals surface area contributed by atoms with Gasteiger partial charge in [0.25, 0.3) is 0 Å². The molecule has 0 heterocycles. The Kier molecular flexibility index (Phi) is 9.31. The summed E-state index contributed by atoms with van der Waals surface area (Å²) in [5.41, 5.74) is 7.15. The van der Waals surface area contributed by atoms with Gasteiger partial charge in [0.2, 0.25) is 0 Å². The molecule has 0 saturated carbocycles. The molecule has 0 amide bonds. The van der Waals surface area contributed by atoms with Gasteiger partial charge in [0.05, 0.1) is 0 Å². The molecule has 0 aromatic heterocycles. The molecule has 1 aromatic carbocycles. The Bertz CT molecular complexity index is 227. The summed E-state index contributed by atoms with van der Waals surface area (Å²) in [6, 6.07) is 10.3. The van der Waals surface area contributed by atoms with E-state index in [1.807, 2.05) is 32.3 Å². The Hall–Kier alpha value is -0.280. The van der Waals surface area contributed by atoms with Crippen molar-refractivity contribution in [1.82, 2.24) is 4.90 Å². The van der Waals surface area contributed by atoms with Crippen LogP contribution in [0.2, 0.25) is 0 Å². The van der Waals surface area contributed by atoms with Crippen molar-refractivity contribution in [2.24, 2.45) is 5.73 Å². The van der Waals surface area contributed by atoms with Crippen LogP contribution in [-0.2, 0) is 0 Å². The molecular formula is C10H18Cl2N2. The van der Waals surface area contributed by atoms with Crippen molar-refractivity contribution in [2.45, 2.75) is 6.04 Å². The molecule has 0 saturated heterocycles. The van der Waals surface area contributed by atoms with Gasteiger partial charge in [-0.15, -0.1) is 24.8 Å². The topological polar surface area (TPSA) is 29.3 Å². The Morgan fingerprint density at radius 1 is 1.14 bits per heavy atom. The van der Waals surface area contributed by atoms with Crippen LogP contribution >= 0.6 is 24.8 Å². The molecule has 1 unspecified atom stereocenters. The highest BCUT2D eigenvalue weighted by molar-refractivity contribution is 5.85. The van der Waals surface area contributed by atoms with Crippen molar-refractivity contribution in [3.63, 3.8) is 0 Å². The maximum absolute atomic E-state index is 5.95. The SMILES string of the molecule is CN(C)CC(N)c1ccccc1.Cl.Cl. The average molecular weight is 237 g/mol. The van der Waals surface area contributed by atoms with Crippen molar-refractivity contribution >= 4 is 24.8 Å². The minimum atomic E-state index is 0. The molecule has 0 fully saturated rings. The highest BCUT2D eigenvalue weighted by Gasteiger charge is 2.04. The summed E-state index contributed by atoms with van der Waals surface area (Å²) < 4.78 is 0. The number of nitrogens with two attached hydrogens (primary N) is 1. The summed E-state index contributed by atoms with van der Waals surface area (Å²) >= 11 is 0. The van der Waals surface area contributed by atoms with Crippen molar-refractivity contribution in [2.75, 3.05) is 20.6 Å². The molecule has 4 heteroatoms. The van der Waals surface area contributed by atoms with E-state index in [0.717, 1.165) is 6.54 Å². The van der Waals surface area contributed by atoms with Gasteiger partial charge >= 0.3 is 0 Å². The highest BCUT2D eigenvalue weighted by atomic mass is 35.5. The van der Waals surface area contributed by atoms with E-state index in [9.17, 15) is 0 Å². The van der Waals surface area contributed by atoms with E-state index in [4.69, 9.17) is 5.73 Å². The molecule has 0 aliphatic carbocycles. The van der Waals surface area contributed by atoms with Gasteiger partial charge in [-0.3, -0.25) is 0 Å². The first kappa shape index (κ1) is 16.2. The molecule has 0 spiro atoms. The van der Waals surface area contributed by atoms with Gasteiger partial charge in [0, 0.05) is 12.6 Å². The van der Waals surface area contributed by atoms with Gasteiger partial charge in [-0.1, -0.05) is 30.3 Å². The lowest BCUT2D eigenvalue weighted by Crippen LogP contribution is -2.25. The van der Waals surface area contributed by atoms with Crippen LogP contribution in [0.15, 0.2) is 30.3 Å². The number of hydrogen-bond acceptors (Lipinski definition) is 2. The second-order valence-corrected chi connectivity index (χ2v) is 3.28. The van der Waals surface area contributed by atoms with Gasteiger partial charge in [-0.05, 0) is 19.7 Å².